The molecule has 0 fully saturated rings. The summed E-state index contributed by atoms with van der Waals surface area (Å²) in [5.41, 5.74) is 3.84. The second-order valence-corrected chi connectivity index (χ2v) is 5.94. The van der Waals surface area contributed by atoms with Gasteiger partial charge < -0.3 is 4.57 Å². The molecule has 4 heteroatoms. The van der Waals surface area contributed by atoms with Gasteiger partial charge in [0, 0.05) is 30.3 Å². The number of aryl methyl sites for hydroxylation is 1. The van der Waals surface area contributed by atoms with E-state index in [1.165, 1.54) is 41.4 Å². The van der Waals surface area contributed by atoms with Gasteiger partial charge in [-0.15, -0.1) is 0 Å². The van der Waals surface area contributed by atoms with E-state index < -0.39 is 0 Å². The number of aromatic nitrogens is 3. The van der Waals surface area contributed by atoms with Crippen LogP contribution in [0, 0.1) is 0 Å². The highest BCUT2D eigenvalue weighted by atomic mass is 32.2. The van der Waals surface area contributed by atoms with Crippen molar-refractivity contribution in [3.63, 3.8) is 0 Å². The summed E-state index contributed by atoms with van der Waals surface area (Å²) in [5, 5.41) is 1.19. The topological polar surface area (TPSA) is 30.7 Å². The highest BCUT2D eigenvalue weighted by Crippen LogP contribution is 2.34. The van der Waals surface area contributed by atoms with E-state index in [2.05, 4.69) is 28.6 Å². The van der Waals surface area contributed by atoms with Crippen LogP contribution in [0.25, 0.3) is 11.3 Å². The van der Waals surface area contributed by atoms with Crippen molar-refractivity contribution in [3.05, 3.63) is 30.2 Å². The van der Waals surface area contributed by atoms with Gasteiger partial charge in [-0.3, -0.25) is 4.98 Å². The second kappa shape index (κ2) is 5.78. The first-order valence-electron chi connectivity index (χ1n) is 7.02. The van der Waals surface area contributed by atoms with Crippen molar-refractivity contribution in [1.29, 1.82) is 0 Å². The number of thioether (sulfide) groups is 1. The Labute approximate surface area is 118 Å². The molecule has 1 aliphatic rings. The maximum absolute atomic E-state index is 4.84. The van der Waals surface area contributed by atoms with E-state index in [1.807, 2.05) is 24.2 Å². The molecule has 0 atom stereocenters. The highest BCUT2D eigenvalue weighted by molar-refractivity contribution is 7.99. The molecular formula is C15H19N3S. The van der Waals surface area contributed by atoms with Gasteiger partial charge in [0.15, 0.2) is 5.16 Å². The second-order valence-electron chi connectivity index (χ2n) is 4.88. The van der Waals surface area contributed by atoms with Gasteiger partial charge in [0.25, 0.3) is 0 Å². The maximum Gasteiger partial charge on any atom is 0.168 e. The van der Waals surface area contributed by atoms with Crippen LogP contribution in [0.4, 0.5) is 0 Å². The first-order chi connectivity index (χ1) is 9.40. The largest absolute Gasteiger partial charge is 0.318 e. The SMILES string of the molecule is CCCCCc1nc2n(c1-c1ccncc1)CCS2. The number of hydrogen-bond donors (Lipinski definition) is 0. The Balaban J connectivity index is 1.96. The minimum Gasteiger partial charge on any atom is -0.318 e. The molecular weight excluding hydrogens is 254 g/mol. The molecule has 3 nitrogen and oxygen atoms in total. The minimum atomic E-state index is 1.08. The van der Waals surface area contributed by atoms with Crippen LogP contribution in [0.1, 0.15) is 31.9 Å². The molecule has 0 aromatic carbocycles. The smallest absolute Gasteiger partial charge is 0.168 e. The van der Waals surface area contributed by atoms with Crippen molar-refractivity contribution in [2.24, 2.45) is 0 Å². The molecule has 0 bridgehead atoms. The van der Waals surface area contributed by atoms with Crippen molar-refractivity contribution in [2.45, 2.75) is 44.3 Å². The van der Waals surface area contributed by atoms with Gasteiger partial charge in [-0.2, -0.15) is 0 Å². The Morgan fingerprint density at radius 3 is 2.89 bits per heavy atom. The summed E-state index contributed by atoms with van der Waals surface area (Å²) in [4.78, 5) is 8.96. The summed E-state index contributed by atoms with van der Waals surface area (Å²) in [6.07, 6.45) is 8.60. The Hall–Kier alpha value is -1.29. The fourth-order valence-electron chi connectivity index (χ4n) is 2.58. The first kappa shape index (κ1) is 12.7. The van der Waals surface area contributed by atoms with E-state index in [0.717, 1.165) is 18.7 Å². The molecule has 19 heavy (non-hydrogen) atoms. The molecule has 100 valence electrons. The fourth-order valence-corrected chi connectivity index (χ4v) is 3.54. The van der Waals surface area contributed by atoms with Crippen molar-refractivity contribution < 1.29 is 0 Å². The van der Waals surface area contributed by atoms with E-state index in [1.54, 1.807) is 0 Å². The zero-order chi connectivity index (χ0) is 13.1. The number of hydrogen-bond acceptors (Lipinski definition) is 3. The van der Waals surface area contributed by atoms with Crippen molar-refractivity contribution in [3.8, 4) is 11.3 Å². The number of nitrogens with zero attached hydrogens (tertiary/aromatic N) is 3. The molecule has 0 saturated heterocycles. The summed E-state index contributed by atoms with van der Waals surface area (Å²) in [7, 11) is 0. The molecule has 0 aliphatic carbocycles. The molecule has 3 heterocycles. The molecule has 1 aliphatic heterocycles. The molecule has 0 amide bonds. The van der Waals surface area contributed by atoms with Gasteiger partial charge in [0.2, 0.25) is 0 Å². The molecule has 0 N–H and O–H groups in total. The van der Waals surface area contributed by atoms with E-state index in [9.17, 15) is 0 Å². The highest BCUT2D eigenvalue weighted by Gasteiger charge is 2.22. The van der Waals surface area contributed by atoms with Crippen LogP contribution in [0.2, 0.25) is 0 Å². The van der Waals surface area contributed by atoms with Crippen LogP contribution in [0.15, 0.2) is 29.7 Å². The van der Waals surface area contributed by atoms with Crippen LogP contribution < -0.4 is 0 Å². The van der Waals surface area contributed by atoms with E-state index >= 15 is 0 Å². The number of imidazole rings is 1. The van der Waals surface area contributed by atoms with Gasteiger partial charge in [0.1, 0.15) is 0 Å². The minimum absolute atomic E-state index is 1.08. The molecule has 2 aromatic heterocycles. The number of fused-ring (bicyclic) bond motifs is 1. The van der Waals surface area contributed by atoms with Crippen molar-refractivity contribution in [2.75, 3.05) is 5.75 Å². The van der Waals surface area contributed by atoms with Crippen LogP contribution >= 0.6 is 11.8 Å². The first-order valence-corrected chi connectivity index (χ1v) is 8.01. The summed E-state index contributed by atoms with van der Waals surface area (Å²) >= 11 is 1.87. The van der Waals surface area contributed by atoms with Gasteiger partial charge in [-0.25, -0.2) is 4.98 Å². The molecule has 0 radical (unpaired) electrons. The quantitative estimate of drug-likeness (QED) is 0.777. The summed E-state index contributed by atoms with van der Waals surface area (Å²) in [5.74, 6) is 1.15. The normalized spacial score (nSPS) is 13.7. The lowest BCUT2D eigenvalue weighted by atomic mass is 10.1. The predicted octanol–water partition coefficient (Wildman–Crippen LogP) is 3.78. The Morgan fingerprint density at radius 2 is 2.11 bits per heavy atom. The fraction of sp³-hybridized carbons (Fsp3) is 0.467. The number of unbranched alkanes of at least 4 members (excludes halogenated alkanes) is 2. The van der Waals surface area contributed by atoms with Crippen LogP contribution in [0.5, 0.6) is 0 Å². The summed E-state index contributed by atoms with van der Waals surface area (Å²) < 4.78 is 2.38. The van der Waals surface area contributed by atoms with Crippen molar-refractivity contribution in [1.82, 2.24) is 14.5 Å². The van der Waals surface area contributed by atoms with Gasteiger partial charge in [-0.1, -0.05) is 31.5 Å². The van der Waals surface area contributed by atoms with Gasteiger partial charge in [0.05, 0.1) is 11.4 Å². The van der Waals surface area contributed by atoms with Crippen LogP contribution in [-0.4, -0.2) is 20.3 Å². The third-order valence-electron chi connectivity index (χ3n) is 3.52. The lowest BCUT2D eigenvalue weighted by Crippen LogP contribution is -1.99. The van der Waals surface area contributed by atoms with Crippen LogP contribution in [-0.2, 0) is 13.0 Å². The lowest BCUT2D eigenvalue weighted by Gasteiger charge is -2.07. The van der Waals surface area contributed by atoms with Crippen LogP contribution in [0.3, 0.4) is 0 Å². The third kappa shape index (κ3) is 2.54. The Kier molecular flexibility index (Phi) is 3.87. The molecule has 0 spiro atoms. The summed E-state index contributed by atoms with van der Waals surface area (Å²) in [6, 6.07) is 4.19. The van der Waals surface area contributed by atoms with Gasteiger partial charge in [-0.05, 0) is 25.0 Å². The predicted molar refractivity (Wildman–Crippen MR) is 79.4 cm³/mol. The van der Waals surface area contributed by atoms with E-state index in [-0.39, 0.29) is 0 Å². The monoisotopic (exact) mass is 273 g/mol. The standard InChI is InChI=1S/C15H19N3S/c1-2-3-4-5-13-14(12-6-8-16-9-7-12)18-10-11-19-15(18)17-13/h6-9H,2-5,10-11H2,1H3. The zero-order valence-electron chi connectivity index (χ0n) is 11.3. The molecule has 0 unspecified atom stereocenters. The summed E-state index contributed by atoms with van der Waals surface area (Å²) in [6.45, 7) is 3.32. The Bertz CT molecular complexity index is 548. The average Bonchev–Trinajstić information content (AvgIpc) is 3.00. The van der Waals surface area contributed by atoms with Gasteiger partial charge >= 0.3 is 0 Å². The lowest BCUT2D eigenvalue weighted by molar-refractivity contribution is 0.708. The van der Waals surface area contributed by atoms with E-state index in [0.29, 0.717) is 0 Å². The van der Waals surface area contributed by atoms with Crippen molar-refractivity contribution >= 4 is 11.8 Å². The molecule has 2 aromatic rings. The average molecular weight is 273 g/mol. The Morgan fingerprint density at radius 1 is 1.26 bits per heavy atom. The maximum atomic E-state index is 4.84. The van der Waals surface area contributed by atoms with E-state index in [4.69, 9.17) is 4.98 Å². The molecule has 0 saturated carbocycles. The molecule has 3 rings (SSSR count). The zero-order valence-corrected chi connectivity index (χ0v) is 12.1. The number of rotatable bonds is 5. The number of pyridine rings is 1. The third-order valence-corrected chi connectivity index (χ3v) is 4.48.